The molecule has 0 atom stereocenters. The molecule has 30 heavy (non-hydrogen) atoms. The van der Waals surface area contributed by atoms with E-state index < -0.39 is 11.4 Å². The molecule has 0 saturated carbocycles. The number of rotatable bonds is 3. The van der Waals surface area contributed by atoms with E-state index in [4.69, 9.17) is 4.52 Å². The molecule has 9 heteroatoms. The summed E-state index contributed by atoms with van der Waals surface area (Å²) in [5.41, 5.74) is 1.86. The van der Waals surface area contributed by atoms with Gasteiger partial charge in [0.1, 0.15) is 11.4 Å². The fourth-order valence-electron chi connectivity index (χ4n) is 3.34. The first-order chi connectivity index (χ1) is 14.5. The van der Waals surface area contributed by atoms with Crippen molar-refractivity contribution in [3.63, 3.8) is 0 Å². The molecular weight excluding hydrogens is 389 g/mol. The molecule has 0 unspecified atom stereocenters. The van der Waals surface area contributed by atoms with Crippen molar-refractivity contribution in [3.8, 4) is 28.5 Å². The van der Waals surface area contributed by atoms with Crippen LogP contribution in [0.2, 0.25) is 0 Å². The summed E-state index contributed by atoms with van der Waals surface area (Å²) in [5, 5.41) is 4.61. The number of nitrogens with zero attached hydrogens (tertiary/aromatic N) is 3. The Labute approximate surface area is 167 Å². The Morgan fingerprint density at radius 1 is 1.10 bits per heavy atom. The summed E-state index contributed by atoms with van der Waals surface area (Å²) >= 11 is 0. The van der Waals surface area contributed by atoms with Gasteiger partial charge < -0.3 is 14.5 Å². The van der Waals surface area contributed by atoms with Crippen LogP contribution in [0.5, 0.6) is 0 Å². The Hall–Kier alpha value is -4.27. The maximum absolute atomic E-state index is 13.4. The Morgan fingerprint density at radius 3 is 2.77 bits per heavy atom. The molecule has 3 aromatic heterocycles. The summed E-state index contributed by atoms with van der Waals surface area (Å²) in [6.45, 7) is 1.81. The standard InChI is InChI=1S/C21H14FN5O3/c1-11-10-23-21(29)27(11)15-4-2-3-13(7-15)18-25-20(30-26-18)16-8-12-5-6-14(22)9-17(12)24-19(16)28/h2-10H,1H3,(H,23,29)(H,24,28). The lowest BCUT2D eigenvalue weighted by atomic mass is 10.1. The first kappa shape index (κ1) is 17.8. The van der Waals surface area contributed by atoms with Gasteiger partial charge in [-0.15, -0.1) is 0 Å². The number of aromatic amines is 2. The molecule has 2 N–H and O–H groups in total. The van der Waals surface area contributed by atoms with E-state index in [2.05, 4.69) is 20.1 Å². The predicted octanol–water partition coefficient (Wildman–Crippen LogP) is 3.17. The van der Waals surface area contributed by atoms with E-state index in [1.807, 2.05) is 6.92 Å². The van der Waals surface area contributed by atoms with Crippen LogP contribution < -0.4 is 11.2 Å². The van der Waals surface area contributed by atoms with Crippen LogP contribution in [0.15, 0.2) is 68.8 Å². The summed E-state index contributed by atoms with van der Waals surface area (Å²) in [6, 6.07) is 12.8. The number of halogens is 1. The molecule has 0 aliphatic carbocycles. The predicted molar refractivity (Wildman–Crippen MR) is 108 cm³/mol. The minimum Gasteiger partial charge on any atom is -0.333 e. The van der Waals surface area contributed by atoms with Crippen LogP contribution in [0.3, 0.4) is 0 Å². The van der Waals surface area contributed by atoms with Gasteiger partial charge in [0.2, 0.25) is 5.82 Å². The Bertz CT molecular complexity index is 1530. The van der Waals surface area contributed by atoms with Gasteiger partial charge in [0.25, 0.3) is 11.4 Å². The summed E-state index contributed by atoms with van der Waals surface area (Å²) in [4.78, 5) is 34.1. The van der Waals surface area contributed by atoms with E-state index in [0.29, 0.717) is 22.2 Å². The Balaban J connectivity index is 1.57. The molecule has 3 heterocycles. The minimum absolute atomic E-state index is 0.0397. The van der Waals surface area contributed by atoms with Crippen molar-refractivity contribution in [2.45, 2.75) is 6.92 Å². The number of pyridine rings is 1. The average Bonchev–Trinajstić information content (AvgIpc) is 3.34. The van der Waals surface area contributed by atoms with Crippen LogP contribution in [-0.2, 0) is 0 Å². The van der Waals surface area contributed by atoms with Crippen molar-refractivity contribution in [2.75, 3.05) is 0 Å². The SMILES string of the molecule is Cc1c[nH]c(=O)n1-c1cccc(-c2noc(-c3cc4ccc(F)cc4[nH]c3=O)n2)c1. The number of fused-ring (bicyclic) bond motifs is 1. The first-order valence-corrected chi connectivity index (χ1v) is 9.04. The zero-order valence-electron chi connectivity index (χ0n) is 15.6. The number of H-pyrrole nitrogens is 2. The lowest BCUT2D eigenvalue weighted by Crippen LogP contribution is -2.15. The van der Waals surface area contributed by atoms with Gasteiger partial charge in [-0.05, 0) is 48.7 Å². The van der Waals surface area contributed by atoms with Crippen LogP contribution >= 0.6 is 0 Å². The molecule has 0 fully saturated rings. The number of nitrogens with one attached hydrogen (secondary N) is 2. The van der Waals surface area contributed by atoms with Gasteiger partial charge in [0.05, 0.1) is 11.2 Å². The lowest BCUT2D eigenvalue weighted by Gasteiger charge is -2.05. The summed E-state index contributed by atoms with van der Waals surface area (Å²) in [5.74, 6) is -0.132. The normalized spacial score (nSPS) is 11.3. The largest absolute Gasteiger partial charge is 0.333 e. The quantitative estimate of drug-likeness (QED) is 0.481. The summed E-state index contributed by atoms with van der Waals surface area (Å²) in [7, 11) is 0. The number of imidazole rings is 1. The van der Waals surface area contributed by atoms with Crippen molar-refractivity contribution in [2.24, 2.45) is 0 Å². The highest BCUT2D eigenvalue weighted by molar-refractivity contribution is 5.82. The fourth-order valence-corrected chi connectivity index (χ4v) is 3.34. The number of benzene rings is 2. The van der Waals surface area contributed by atoms with Gasteiger partial charge in [-0.3, -0.25) is 9.36 Å². The molecule has 5 aromatic rings. The summed E-state index contributed by atoms with van der Waals surface area (Å²) < 4.78 is 20.2. The van der Waals surface area contributed by atoms with Gasteiger partial charge in [-0.2, -0.15) is 4.98 Å². The van der Waals surface area contributed by atoms with Crippen molar-refractivity contribution >= 4 is 10.9 Å². The summed E-state index contributed by atoms with van der Waals surface area (Å²) in [6.07, 6.45) is 1.62. The third-order valence-electron chi connectivity index (χ3n) is 4.79. The van der Waals surface area contributed by atoms with E-state index in [0.717, 1.165) is 5.69 Å². The van der Waals surface area contributed by atoms with E-state index in [-0.39, 0.29) is 23.0 Å². The molecule has 2 aromatic carbocycles. The highest BCUT2D eigenvalue weighted by Gasteiger charge is 2.16. The fraction of sp³-hybridized carbons (Fsp3) is 0.0476. The van der Waals surface area contributed by atoms with Crippen LogP contribution in [-0.4, -0.2) is 24.7 Å². The minimum atomic E-state index is -0.466. The third kappa shape index (κ3) is 2.93. The molecule has 0 aliphatic rings. The second-order valence-corrected chi connectivity index (χ2v) is 6.79. The van der Waals surface area contributed by atoms with E-state index in [9.17, 15) is 14.0 Å². The topological polar surface area (TPSA) is 110 Å². The highest BCUT2D eigenvalue weighted by Crippen LogP contribution is 2.24. The monoisotopic (exact) mass is 403 g/mol. The molecule has 8 nitrogen and oxygen atoms in total. The second-order valence-electron chi connectivity index (χ2n) is 6.79. The second kappa shape index (κ2) is 6.66. The molecule has 0 amide bonds. The van der Waals surface area contributed by atoms with Crippen LogP contribution in [0.4, 0.5) is 4.39 Å². The smallest absolute Gasteiger partial charge is 0.330 e. The van der Waals surface area contributed by atoms with Gasteiger partial charge in [-0.1, -0.05) is 17.3 Å². The van der Waals surface area contributed by atoms with Crippen LogP contribution in [0.1, 0.15) is 5.69 Å². The first-order valence-electron chi connectivity index (χ1n) is 9.04. The third-order valence-corrected chi connectivity index (χ3v) is 4.79. The number of aromatic nitrogens is 5. The van der Waals surface area contributed by atoms with Crippen molar-refractivity contribution in [1.29, 1.82) is 0 Å². The molecular formula is C21H14FN5O3. The van der Waals surface area contributed by atoms with Crippen molar-refractivity contribution in [3.05, 3.63) is 87.1 Å². The molecule has 0 saturated heterocycles. The van der Waals surface area contributed by atoms with Crippen molar-refractivity contribution in [1.82, 2.24) is 24.7 Å². The van der Waals surface area contributed by atoms with E-state index in [1.54, 1.807) is 42.6 Å². The van der Waals surface area contributed by atoms with E-state index >= 15 is 0 Å². The van der Waals surface area contributed by atoms with Crippen molar-refractivity contribution < 1.29 is 8.91 Å². The molecule has 0 radical (unpaired) electrons. The highest BCUT2D eigenvalue weighted by atomic mass is 19.1. The lowest BCUT2D eigenvalue weighted by molar-refractivity contribution is 0.432. The van der Waals surface area contributed by atoms with Gasteiger partial charge >= 0.3 is 5.69 Å². The number of hydrogen-bond donors (Lipinski definition) is 2. The van der Waals surface area contributed by atoms with Crippen LogP contribution in [0.25, 0.3) is 39.4 Å². The number of aryl methyl sites for hydroxylation is 1. The zero-order valence-corrected chi connectivity index (χ0v) is 15.6. The van der Waals surface area contributed by atoms with Gasteiger partial charge in [0, 0.05) is 17.5 Å². The van der Waals surface area contributed by atoms with Gasteiger partial charge in [0.15, 0.2) is 0 Å². The average molecular weight is 403 g/mol. The van der Waals surface area contributed by atoms with Crippen LogP contribution in [0, 0.1) is 12.7 Å². The Kier molecular flexibility index (Phi) is 3.95. The maximum atomic E-state index is 13.4. The van der Waals surface area contributed by atoms with Gasteiger partial charge in [-0.25, -0.2) is 9.18 Å². The zero-order chi connectivity index (χ0) is 20.8. The maximum Gasteiger partial charge on any atom is 0.330 e. The molecule has 0 bridgehead atoms. The molecule has 0 spiro atoms. The molecule has 5 rings (SSSR count). The molecule has 0 aliphatic heterocycles. The Morgan fingerprint density at radius 2 is 1.97 bits per heavy atom. The van der Waals surface area contributed by atoms with E-state index in [1.165, 1.54) is 16.7 Å². The number of hydrogen-bond acceptors (Lipinski definition) is 5. The molecule has 148 valence electrons.